The molecule has 2 heterocycles. The van der Waals surface area contributed by atoms with Gasteiger partial charge >= 0.3 is 0 Å². The molecule has 0 aliphatic carbocycles. The normalized spacial score (nSPS) is 11.1. The summed E-state index contributed by atoms with van der Waals surface area (Å²) in [6, 6.07) is 53.5. The summed E-state index contributed by atoms with van der Waals surface area (Å²) in [5.41, 5.74) is 8.84. The van der Waals surface area contributed by atoms with Gasteiger partial charge < -0.3 is 4.57 Å². The molecule has 6 aromatic carbocycles. The Balaban J connectivity index is 1.15. The molecule has 0 bridgehead atoms. The molecule has 8 aromatic rings. The van der Waals surface area contributed by atoms with Crippen LogP contribution in [-0.2, 0) is 0 Å². The van der Waals surface area contributed by atoms with Crippen LogP contribution in [0.5, 0.6) is 0 Å². The first-order chi connectivity index (χ1) is 22.2. The van der Waals surface area contributed by atoms with E-state index in [1.807, 2.05) is 78.9 Å². The summed E-state index contributed by atoms with van der Waals surface area (Å²) in [6.07, 6.45) is 0. The Morgan fingerprint density at radius 2 is 0.889 bits per heavy atom. The Labute approximate surface area is 260 Å². The van der Waals surface area contributed by atoms with Gasteiger partial charge in [0.15, 0.2) is 17.5 Å². The third kappa shape index (κ3) is 4.81. The largest absolute Gasteiger partial charge is 0.309 e. The van der Waals surface area contributed by atoms with Crippen LogP contribution in [0.15, 0.2) is 152 Å². The number of aromatic nitrogens is 4. The van der Waals surface area contributed by atoms with Gasteiger partial charge in [0.1, 0.15) is 0 Å². The molecule has 45 heavy (non-hydrogen) atoms. The monoisotopic (exact) mass is 575 g/mol. The molecule has 0 aliphatic rings. The number of fused-ring (bicyclic) bond motifs is 3. The van der Waals surface area contributed by atoms with Gasteiger partial charge in [0.2, 0.25) is 0 Å². The molecule has 0 aliphatic heterocycles. The van der Waals surface area contributed by atoms with Crippen molar-refractivity contribution >= 4 is 21.8 Å². The maximum absolute atomic E-state index is 9.55. The minimum absolute atomic E-state index is 0.632. The van der Waals surface area contributed by atoms with Gasteiger partial charge in [0.25, 0.3) is 0 Å². The first kappa shape index (κ1) is 26.3. The van der Waals surface area contributed by atoms with Crippen molar-refractivity contribution < 1.29 is 0 Å². The minimum atomic E-state index is 0.632. The van der Waals surface area contributed by atoms with Gasteiger partial charge in [-0.15, -0.1) is 0 Å². The summed E-state index contributed by atoms with van der Waals surface area (Å²) in [5, 5.41) is 11.8. The van der Waals surface area contributed by atoms with Crippen LogP contribution in [0.1, 0.15) is 5.56 Å². The van der Waals surface area contributed by atoms with E-state index in [-0.39, 0.29) is 0 Å². The van der Waals surface area contributed by atoms with Crippen LogP contribution in [0, 0.1) is 11.3 Å². The number of rotatable bonds is 5. The second kappa shape index (κ2) is 11.0. The zero-order chi connectivity index (χ0) is 30.2. The number of benzene rings is 6. The van der Waals surface area contributed by atoms with Crippen molar-refractivity contribution in [2.24, 2.45) is 0 Å². The van der Waals surface area contributed by atoms with Crippen LogP contribution in [0.3, 0.4) is 0 Å². The minimum Gasteiger partial charge on any atom is -0.309 e. The molecule has 0 fully saturated rings. The van der Waals surface area contributed by atoms with Crippen molar-refractivity contribution in [1.82, 2.24) is 19.5 Å². The molecule has 0 spiro atoms. The van der Waals surface area contributed by atoms with E-state index in [1.54, 1.807) is 0 Å². The summed E-state index contributed by atoms with van der Waals surface area (Å²) in [7, 11) is 0. The van der Waals surface area contributed by atoms with Crippen molar-refractivity contribution in [2.75, 3.05) is 0 Å². The molecule has 5 nitrogen and oxygen atoms in total. The molecule has 0 saturated carbocycles. The number of para-hydroxylation sites is 1. The standard InChI is InChI=1S/C40H25N5/c41-26-27-15-24-35-34-13-7-8-14-36(34)45(37(35)25-27)33-22-20-29(21-23-33)28-16-18-32(19-17-28)40-43-38(30-9-3-1-4-10-30)42-39(44-40)31-11-5-2-6-12-31/h1-25H. The van der Waals surface area contributed by atoms with E-state index in [4.69, 9.17) is 15.0 Å². The summed E-state index contributed by atoms with van der Waals surface area (Å²) < 4.78 is 2.23. The molecular formula is C40H25N5. The maximum atomic E-state index is 9.55. The average Bonchev–Trinajstić information content (AvgIpc) is 3.46. The fraction of sp³-hybridized carbons (Fsp3) is 0. The van der Waals surface area contributed by atoms with E-state index in [0.29, 0.717) is 23.0 Å². The summed E-state index contributed by atoms with van der Waals surface area (Å²) in [5.74, 6) is 1.92. The molecule has 0 unspecified atom stereocenters. The van der Waals surface area contributed by atoms with Crippen molar-refractivity contribution in [3.8, 4) is 57.0 Å². The number of hydrogen-bond donors (Lipinski definition) is 0. The molecule has 8 rings (SSSR count). The highest BCUT2D eigenvalue weighted by Crippen LogP contribution is 2.34. The second-order valence-electron chi connectivity index (χ2n) is 10.9. The van der Waals surface area contributed by atoms with E-state index in [1.165, 1.54) is 5.39 Å². The van der Waals surface area contributed by atoms with Crippen LogP contribution in [-0.4, -0.2) is 19.5 Å². The molecular weight excluding hydrogens is 550 g/mol. The highest BCUT2D eigenvalue weighted by Gasteiger charge is 2.14. The number of hydrogen-bond acceptors (Lipinski definition) is 4. The smallest absolute Gasteiger partial charge is 0.164 e. The molecule has 0 atom stereocenters. The lowest BCUT2D eigenvalue weighted by Gasteiger charge is -2.10. The maximum Gasteiger partial charge on any atom is 0.164 e. The lowest BCUT2D eigenvalue weighted by atomic mass is 10.0. The highest BCUT2D eigenvalue weighted by molar-refractivity contribution is 6.09. The molecule has 0 amide bonds. The Morgan fingerprint density at radius 3 is 1.47 bits per heavy atom. The van der Waals surface area contributed by atoms with Gasteiger partial charge in [0, 0.05) is 33.2 Å². The zero-order valence-corrected chi connectivity index (χ0v) is 24.2. The molecule has 5 heteroatoms. The fourth-order valence-corrected chi connectivity index (χ4v) is 5.87. The Morgan fingerprint density at radius 1 is 0.422 bits per heavy atom. The van der Waals surface area contributed by atoms with Crippen molar-refractivity contribution in [3.05, 3.63) is 157 Å². The van der Waals surface area contributed by atoms with Gasteiger partial charge in [0.05, 0.1) is 22.7 Å². The van der Waals surface area contributed by atoms with E-state index in [0.717, 1.165) is 49.9 Å². The highest BCUT2D eigenvalue weighted by atomic mass is 15.0. The van der Waals surface area contributed by atoms with E-state index < -0.39 is 0 Å². The lowest BCUT2D eigenvalue weighted by molar-refractivity contribution is 1.07. The summed E-state index contributed by atoms with van der Waals surface area (Å²) in [6.45, 7) is 0. The van der Waals surface area contributed by atoms with E-state index in [9.17, 15) is 5.26 Å². The quantitative estimate of drug-likeness (QED) is 0.205. The van der Waals surface area contributed by atoms with E-state index in [2.05, 4.69) is 83.4 Å². The first-order valence-electron chi connectivity index (χ1n) is 14.8. The van der Waals surface area contributed by atoms with Gasteiger partial charge in [-0.2, -0.15) is 5.26 Å². The third-order valence-electron chi connectivity index (χ3n) is 8.10. The van der Waals surface area contributed by atoms with Crippen LogP contribution < -0.4 is 0 Å². The Bertz CT molecular complexity index is 2290. The van der Waals surface area contributed by atoms with Crippen LogP contribution >= 0.6 is 0 Å². The molecule has 210 valence electrons. The van der Waals surface area contributed by atoms with Crippen LogP contribution in [0.4, 0.5) is 0 Å². The average molecular weight is 576 g/mol. The van der Waals surface area contributed by atoms with Gasteiger partial charge in [-0.3, -0.25) is 0 Å². The van der Waals surface area contributed by atoms with Gasteiger partial charge in [-0.1, -0.05) is 121 Å². The summed E-state index contributed by atoms with van der Waals surface area (Å²) >= 11 is 0. The number of nitriles is 1. The first-order valence-corrected chi connectivity index (χ1v) is 14.8. The zero-order valence-electron chi connectivity index (χ0n) is 24.2. The third-order valence-corrected chi connectivity index (χ3v) is 8.10. The van der Waals surface area contributed by atoms with Gasteiger partial charge in [-0.05, 0) is 41.5 Å². The lowest BCUT2D eigenvalue weighted by Crippen LogP contribution is -2.00. The number of nitrogens with zero attached hydrogens (tertiary/aromatic N) is 5. The SMILES string of the molecule is N#Cc1ccc2c3ccccc3n(-c3ccc(-c4ccc(-c5nc(-c6ccccc6)nc(-c6ccccc6)n5)cc4)cc3)c2c1. The predicted octanol–water partition coefficient (Wildman–Crippen LogP) is 9.51. The molecule has 2 aromatic heterocycles. The van der Waals surface area contributed by atoms with E-state index >= 15 is 0 Å². The molecule has 0 saturated heterocycles. The molecule has 0 radical (unpaired) electrons. The Hall–Kier alpha value is -6.38. The second-order valence-corrected chi connectivity index (χ2v) is 10.9. The Kier molecular flexibility index (Phi) is 6.44. The van der Waals surface area contributed by atoms with Crippen LogP contribution in [0.2, 0.25) is 0 Å². The van der Waals surface area contributed by atoms with Crippen molar-refractivity contribution in [2.45, 2.75) is 0 Å². The van der Waals surface area contributed by atoms with Gasteiger partial charge in [-0.25, -0.2) is 15.0 Å². The van der Waals surface area contributed by atoms with Crippen LogP contribution in [0.25, 0.3) is 72.8 Å². The van der Waals surface area contributed by atoms with Crippen molar-refractivity contribution in [3.63, 3.8) is 0 Å². The summed E-state index contributed by atoms with van der Waals surface area (Å²) in [4.78, 5) is 14.5. The van der Waals surface area contributed by atoms with Crippen molar-refractivity contribution in [1.29, 1.82) is 5.26 Å². The predicted molar refractivity (Wildman–Crippen MR) is 181 cm³/mol. The fourth-order valence-electron chi connectivity index (χ4n) is 5.87. The topological polar surface area (TPSA) is 67.4 Å². The molecule has 0 N–H and O–H groups in total.